The number of ether oxygens (including phenoxy) is 1. The van der Waals surface area contributed by atoms with Crippen molar-refractivity contribution in [3.63, 3.8) is 0 Å². The second kappa shape index (κ2) is 5.53. The van der Waals surface area contributed by atoms with E-state index in [2.05, 4.69) is 4.98 Å². The molecule has 0 saturated heterocycles. The first-order chi connectivity index (χ1) is 8.69. The lowest BCUT2D eigenvalue weighted by Crippen LogP contribution is -1.94. The van der Waals surface area contributed by atoms with Crippen molar-refractivity contribution in [2.75, 3.05) is 7.11 Å². The third kappa shape index (κ3) is 3.00. The summed E-state index contributed by atoms with van der Waals surface area (Å²) in [6.45, 7) is 0. The first-order valence-corrected chi connectivity index (χ1v) is 5.84. The van der Waals surface area contributed by atoms with Gasteiger partial charge in [0.25, 0.3) is 0 Å². The summed E-state index contributed by atoms with van der Waals surface area (Å²) in [5, 5.41) is 8.53. The molecule has 1 aromatic heterocycles. The molecule has 5 nitrogen and oxygen atoms in total. The number of aliphatic carboxylic acids is 1. The number of oxazole rings is 1. The highest BCUT2D eigenvalue weighted by Crippen LogP contribution is 2.22. The second-order valence-electron chi connectivity index (χ2n) is 4.04. The molecular formula is C13H15NO4. The topological polar surface area (TPSA) is 72.6 Å². The Kier molecular flexibility index (Phi) is 3.82. The summed E-state index contributed by atoms with van der Waals surface area (Å²) in [4.78, 5) is 14.7. The third-order valence-electron chi connectivity index (χ3n) is 2.67. The molecule has 1 N–H and O–H groups in total. The van der Waals surface area contributed by atoms with E-state index >= 15 is 0 Å². The first kappa shape index (κ1) is 12.4. The van der Waals surface area contributed by atoms with Crippen LogP contribution < -0.4 is 4.74 Å². The summed E-state index contributed by atoms with van der Waals surface area (Å²) in [7, 11) is 1.60. The number of aryl methyl sites for hydroxylation is 1. The van der Waals surface area contributed by atoms with Crippen LogP contribution >= 0.6 is 0 Å². The van der Waals surface area contributed by atoms with Gasteiger partial charge in [-0.25, -0.2) is 4.98 Å². The largest absolute Gasteiger partial charge is 0.497 e. The van der Waals surface area contributed by atoms with Gasteiger partial charge < -0.3 is 14.3 Å². The van der Waals surface area contributed by atoms with Gasteiger partial charge in [-0.05, 0) is 25.0 Å². The molecule has 18 heavy (non-hydrogen) atoms. The number of hydrogen-bond donors (Lipinski definition) is 1. The quantitative estimate of drug-likeness (QED) is 0.797. The van der Waals surface area contributed by atoms with Gasteiger partial charge in [-0.2, -0.15) is 0 Å². The fourth-order valence-corrected chi connectivity index (χ4v) is 1.74. The van der Waals surface area contributed by atoms with Crippen molar-refractivity contribution in [2.45, 2.75) is 25.7 Å². The molecule has 0 aliphatic rings. The average molecular weight is 249 g/mol. The lowest BCUT2D eigenvalue weighted by molar-refractivity contribution is -0.137. The van der Waals surface area contributed by atoms with Gasteiger partial charge in [0.1, 0.15) is 11.3 Å². The molecule has 0 unspecified atom stereocenters. The minimum absolute atomic E-state index is 0.189. The van der Waals surface area contributed by atoms with Crippen LogP contribution in [0, 0.1) is 0 Å². The highest BCUT2D eigenvalue weighted by molar-refractivity contribution is 5.74. The molecule has 0 amide bonds. The van der Waals surface area contributed by atoms with Crippen LogP contribution in [0.15, 0.2) is 22.6 Å². The van der Waals surface area contributed by atoms with E-state index in [1.165, 1.54) is 0 Å². The molecule has 96 valence electrons. The number of fused-ring (bicyclic) bond motifs is 1. The Hall–Kier alpha value is -2.04. The van der Waals surface area contributed by atoms with Crippen LogP contribution in [0.4, 0.5) is 0 Å². The summed E-state index contributed by atoms with van der Waals surface area (Å²) in [6.07, 6.45) is 2.24. The van der Waals surface area contributed by atoms with Gasteiger partial charge in [0.2, 0.25) is 0 Å². The normalized spacial score (nSPS) is 10.7. The van der Waals surface area contributed by atoms with E-state index in [1.54, 1.807) is 13.2 Å². The maximum atomic E-state index is 10.4. The number of unbranched alkanes of at least 4 members (excludes halogenated alkanes) is 1. The number of carbonyl (C=O) groups is 1. The molecule has 5 heteroatoms. The molecule has 0 fully saturated rings. The van der Waals surface area contributed by atoms with E-state index < -0.39 is 5.97 Å². The van der Waals surface area contributed by atoms with Crippen LogP contribution in [0.25, 0.3) is 11.1 Å². The average Bonchev–Trinajstić information content (AvgIpc) is 2.75. The van der Waals surface area contributed by atoms with E-state index in [0.29, 0.717) is 24.3 Å². The van der Waals surface area contributed by atoms with Crippen molar-refractivity contribution in [3.05, 3.63) is 24.1 Å². The molecule has 0 atom stereocenters. The third-order valence-corrected chi connectivity index (χ3v) is 2.67. The second-order valence-corrected chi connectivity index (χ2v) is 4.04. The van der Waals surface area contributed by atoms with Crippen molar-refractivity contribution in [1.82, 2.24) is 4.98 Å². The van der Waals surface area contributed by atoms with Crippen LogP contribution in [-0.2, 0) is 11.2 Å². The minimum atomic E-state index is -0.766. The van der Waals surface area contributed by atoms with Gasteiger partial charge in [0, 0.05) is 18.9 Å². The molecular weight excluding hydrogens is 234 g/mol. The van der Waals surface area contributed by atoms with Crippen molar-refractivity contribution in [3.8, 4) is 5.75 Å². The number of carboxylic acids is 1. The van der Waals surface area contributed by atoms with Crippen LogP contribution in [0.5, 0.6) is 5.75 Å². The first-order valence-electron chi connectivity index (χ1n) is 5.84. The van der Waals surface area contributed by atoms with Crippen molar-refractivity contribution < 1.29 is 19.1 Å². The Balaban J connectivity index is 1.99. The standard InChI is InChI=1S/C13H15NO4/c1-17-9-6-7-10-11(8-9)18-12(14-10)4-2-3-5-13(15)16/h6-8H,2-5H2,1H3,(H,15,16). The summed E-state index contributed by atoms with van der Waals surface area (Å²) >= 11 is 0. The number of nitrogens with zero attached hydrogens (tertiary/aromatic N) is 1. The molecule has 0 spiro atoms. The molecule has 0 aliphatic carbocycles. The van der Waals surface area contributed by atoms with Crippen molar-refractivity contribution in [2.24, 2.45) is 0 Å². The fraction of sp³-hybridized carbons (Fsp3) is 0.385. The van der Waals surface area contributed by atoms with Crippen LogP contribution in [0.3, 0.4) is 0 Å². The highest BCUT2D eigenvalue weighted by Gasteiger charge is 2.07. The van der Waals surface area contributed by atoms with Crippen molar-refractivity contribution >= 4 is 17.1 Å². The molecule has 1 aromatic carbocycles. The maximum Gasteiger partial charge on any atom is 0.303 e. The Morgan fingerprint density at radius 1 is 1.44 bits per heavy atom. The number of rotatable bonds is 6. The van der Waals surface area contributed by atoms with Crippen LogP contribution in [-0.4, -0.2) is 23.2 Å². The van der Waals surface area contributed by atoms with Gasteiger partial charge >= 0.3 is 5.97 Å². The zero-order chi connectivity index (χ0) is 13.0. The smallest absolute Gasteiger partial charge is 0.303 e. The van der Waals surface area contributed by atoms with Gasteiger partial charge in [-0.1, -0.05) is 0 Å². The SMILES string of the molecule is COc1ccc2nc(CCCCC(=O)O)oc2c1. The van der Waals surface area contributed by atoms with E-state index in [4.69, 9.17) is 14.3 Å². The molecule has 2 aromatic rings. The monoisotopic (exact) mass is 249 g/mol. The lowest BCUT2D eigenvalue weighted by atomic mass is 10.2. The maximum absolute atomic E-state index is 10.4. The molecule has 0 bridgehead atoms. The predicted molar refractivity (Wildman–Crippen MR) is 65.8 cm³/mol. The fourth-order valence-electron chi connectivity index (χ4n) is 1.74. The molecule has 1 heterocycles. The van der Waals surface area contributed by atoms with Crippen LogP contribution in [0.1, 0.15) is 25.2 Å². The van der Waals surface area contributed by atoms with Gasteiger partial charge in [-0.3, -0.25) is 4.79 Å². The molecule has 2 rings (SSSR count). The summed E-state index contributed by atoms with van der Waals surface area (Å²) < 4.78 is 10.7. The van der Waals surface area contributed by atoms with Gasteiger partial charge in [0.15, 0.2) is 11.5 Å². The van der Waals surface area contributed by atoms with E-state index in [9.17, 15) is 4.79 Å². The number of carboxylic acid groups (broad SMARTS) is 1. The highest BCUT2D eigenvalue weighted by atomic mass is 16.5. The molecule has 0 saturated carbocycles. The lowest BCUT2D eigenvalue weighted by Gasteiger charge is -1.96. The van der Waals surface area contributed by atoms with Gasteiger partial charge in [-0.15, -0.1) is 0 Å². The Morgan fingerprint density at radius 3 is 3.00 bits per heavy atom. The minimum Gasteiger partial charge on any atom is -0.497 e. The molecule has 0 radical (unpaired) electrons. The number of hydrogen-bond acceptors (Lipinski definition) is 4. The Bertz CT molecular complexity index is 547. The van der Waals surface area contributed by atoms with Gasteiger partial charge in [0.05, 0.1) is 7.11 Å². The van der Waals surface area contributed by atoms with Crippen LogP contribution in [0.2, 0.25) is 0 Å². The van der Waals surface area contributed by atoms with E-state index in [-0.39, 0.29) is 6.42 Å². The zero-order valence-corrected chi connectivity index (χ0v) is 10.2. The Morgan fingerprint density at radius 2 is 2.28 bits per heavy atom. The zero-order valence-electron chi connectivity index (χ0n) is 10.2. The van der Waals surface area contributed by atoms with E-state index in [1.807, 2.05) is 12.1 Å². The number of benzene rings is 1. The summed E-state index contributed by atoms with van der Waals surface area (Å²) in [5.41, 5.74) is 1.49. The van der Waals surface area contributed by atoms with Crippen molar-refractivity contribution in [1.29, 1.82) is 0 Å². The van der Waals surface area contributed by atoms with E-state index in [0.717, 1.165) is 17.7 Å². The number of methoxy groups -OCH3 is 1. The Labute approximate surface area is 104 Å². The summed E-state index contributed by atoms with van der Waals surface area (Å²) in [6, 6.07) is 5.47. The number of aromatic nitrogens is 1. The summed E-state index contributed by atoms with van der Waals surface area (Å²) in [5.74, 6) is 0.608. The predicted octanol–water partition coefficient (Wildman–Crippen LogP) is 2.63. The molecule has 0 aliphatic heterocycles.